The summed E-state index contributed by atoms with van der Waals surface area (Å²) in [5.41, 5.74) is -0.381. The van der Waals surface area contributed by atoms with Crippen molar-refractivity contribution in [2.24, 2.45) is 5.41 Å². The van der Waals surface area contributed by atoms with Crippen LogP contribution in [0.2, 0.25) is 0 Å². The van der Waals surface area contributed by atoms with Crippen LogP contribution in [0.5, 0.6) is 11.5 Å². The van der Waals surface area contributed by atoms with E-state index in [1.807, 2.05) is 0 Å². The number of halogens is 3. The first kappa shape index (κ1) is 24.6. The fraction of sp³-hybridized carbons (Fsp3) is 0.381. The minimum atomic E-state index is -4.91. The molecule has 2 aromatic rings. The molecule has 3 rings (SSSR count). The first-order valence-electron chi connectivity index (χ1n) is 9.94. The molecule has 1 amide bonds. The van der Waals surface area contributed by atoms with E-state index in [1.165, 1.54) is 37.4 Å². The Kier molecular flexibility index (Phi) is 7.08. The lowest BCUT2D eigenvalue weighted by Gasteiger charge is -2.17. The molecule has 0 spiro atoms. The van der Waals surface area contributed by atoms with E-state index in [4.69, 9.17) is 9.47 Å². The minimum absolute atomic E-state index is 0.0258. The van der Waals surface area contributed by atoms with Crippen LogP contribution in [0.25, 0.3) is 0 Å². The highest BCUT2D eigenvalue weighted by molar-refractivity contribution is 7.92. The molecule has 0 bridgehead atoms. The van der Waals surface area contributed by atoms with Crippen LogP contribution in [0, 0.1) is 5.41 Å². The Balaban J connectivity index is 1.82. The predicted molar refractivity (Wildman–Crippen MR) is 114 cm³/mol. The second kappa shape index (κ2) is 9.48. The molecule has 0 aliphatic heterocycles. The van der Waals surface area contributed by atoms with E-state index in [2.05, 4.69) is 14.8 Å². The van der Waals surface area contributed by atoms with Gasteiger partial charge in [-0.25, -0.2) is 8.42 Å². The topological polar surface area (TPSA) is 103 Å². The van der Waals surface area contributed by atoms with E-state index in [0.717, 1.165) is 12.1 Å². The quantitative estimate of drug-likeness (QED) is 0.521. The zero-order valence-corrected chi connectivity index (χ0v) is 18.7. The minimum Gasteiger partial charge on any atom is -0.492 e. The molecule has 33 heavy (non-hydrogen) atoms. The maximum atomic E-state index is 12.9. The summed E-state index contributed by atoms with van der Waals surface area (Å²) in [5, 5.41) is 2.75. The van der Waals surface area contributed by atoms with Crippen molar-refractivity contribution < 1.29 is 40.6 Å². The lowest BCUT2D eigenvalue weighted by molar-refractivity contribution is -0.274. The number of amides is 1. The van der Waals surface area contributed by atoms with Gasteiger partial charge in [0, 0.05) is 24.9 Å². The smallest absolute Gasteiger partial charge is 0.492 e. The van der Waals surface area contributed by atoms with Crippen molar-refractivity contribution in [1.82, 2.24) is 0 Å². The molecular weight excluding hydrogens is 465 g/mol. The van der Waals surface area contributed by atoms with Gasteiger partial charge in [-0.2, -0.15) is 0 Å². The lowest BCUT2D eigenvalue weighted by atomic mass is 10.1. The number of carbonyl (C=O) groups is 1. The number of sulfonamides is 1. The summed E-state index contributed by atoms with van der Waals surface area (Å²) in [4.78, 5) is 12.3. The molecule has 0 heterocycles. The fourth-order valence-electron chi connectivity index (χ4n) is 3.17. The number of nitrogens with one attached hydrogen (secondary N) is 2. The lowest BCUT2D eigenvalue weighted by Crippen LogP contribution is -2.28. The number of anilines is 2. The Morgan fingerprint density at radius 2 is 1.85 bits per heavy atom. The van der Waals surface area contributed by atoms with Gasteiger partial charge in [0.15, 0.2) is 0 Å². The Labute approximate surface area is 189 Å². The second-order valence-corrected chi connectivity index (χ2v) is 9.09. The van der Waals surface area contributed by atoms with E-state index in [-0.39, 0.29) is 35.5 Å². The third kappa shape index (κ3) is 6.29. The zero-order chi connectivity index (χ0) is 24.3. The van der Waals surface area contributed by atoms with Gasteiger partial charge in [0.05, 0.1) is 24.3 Å². The molecule has 0 unspecified atom stereocenters. The maximum absolute atomic E-state index is 12.9. The Morgan fingerprint density at radius 3 is 2.45 bits per heavy atom. The number of methoxy groups -OCH3 is 1. The highest BCUT2D eigenvalue weighted by Gasteiger charge is 2.50. The van der Waals surface area contributed by atoms with Crippen molar-refractivity contribution in [1.29, 1.82) is 0 Å². The van der Waals surface area contributed by atoms with E-state index in [9.17, 15) is 26.4 Å². The Morgan fingerprint density at radius 1 is 1.12 bits per heavy atom. The Bertz CT molecular complexity index is 1120. The van der Waals surface area contributed by atoms with Crippen LogP contribution in [0.3, 0.4) is 0 Å². The average Bonchev–Trinajstić information content (AvgIpc) is 3.48. The van der Waals surface area contributed by atoms with Gasteiger partial charge in [-0.15, -0.1) is 13.2 Å². The summed E-state index contributed by atoms with van der Waals surface area (Å²) in [5.74, 6) is -0.833. The van der Waals surface area contributed by atoms with Gasteiger partial charge in [0.1, 0.15) is 16.4 Å². The number of hydrogen-bond donors (Lipinski definition) is 2. The van der Waals surface area contributed by atoms with Gasteiger partial charge < -0.3 is 19.5 Å². The van der Waals surface area contributed by atoms with Gasteiger partial charge in [-0.3, -0.25) is 9.52 Å². The SMILES string of the molecule is CCOc1cc(NC(=O)C2(COC)CC2)ccc1S(=O)(=O)Nc1cccc(OC(F)(F)F)c1. The number of carbonyl (C=O) groups excluding carboxylic acids is 1. The molecular formula is C21H23F3N2O6S. The van der Waals surface area contributed by atoms with Crippen molar-refractivity contribution in [2.75, 3.05) is 30.4 Å². The summed E-state index contributed by atoms with van der Waals surface area (Å²) in [6, 6.07) is 8.48. The van der Waals surface area contributed by atoms with Crippen LogP contribution < -0.4 is 19.5 Å². The first-order chi connectivity index (χ1) is 15.5. The summed E-state index contributed by atoms with van der Waals surface area (Å²) in [6.07, 6.45) is -3.53. The van der Waals surface area contributed by atoms with Crippen LogP contribution in [0.15, 0.2) is 47.4 Å². The molecule has 1 aliphatic carbocycles. The highest BCUT2D eigenvalue weighted by Crippen LogP contribution is 2.46. The fourth-order valence-corrected chi connectivity index (χ4v) is 4.35. The van der Waals surface area contributed by atoms with Crippen molar-refractivity contribution in [3.63, 3.8) is 0 Å². The van der Waals surface area contributed by atoms with E-state index in [0.29, 0.717) is 18.5 Å². The molecule has 2 N–H and O–H groups in total. The predicted octanol–water partition coefficient (Wildman–Crippen LogP) is 4.15. The van der Waals surface area contributed by atoms with Gasteiger partial charge in [0.25, 0.3) is 10.0 Å². The number of rotatable bonds is 10. The van der Waals surface area contributed by atoms with Crippen molar-refractivity contribution >= 4 is 27.3 Å². The summed E-state index contributed by atoms with van der Waals surface area (Å²) in [7, 11) is -2.73. The van der Waals surface area contributed by atoms with Crippen molar-refractivity contribution in [3.8, 4) is 11.5 Å². The largest absolute Gasteiger partial charge is 0.573 e. The molecule has 1 fully saturated rings. The second-order valence-electron chi connectivity index (χ2n) is 7.44. The van der Waals surface area contributed by atoms with Gasteiger partial charge >= 0.3 is 6.36 Å². The van der Waals surface area contributed by atoms with Crippen LogP contribution in [-0.4, -0.2) is 41.0 Å². The van der Waals surface area contributed by atoms with Gasteiger partial charge in [-0.1, -0.05) is 6.07 Å². The summed E-state index contributed by atoms with van der Waals surface area (Å²) in [6.45, 7) is 2.08. The van der Waals surface area contributed by atoms with Crippen LogP contribution in [-0.2, 0) is 19.6 Å². The van der Waals surface area contributed by atoms with Gasteiger partial charge in [0.2, 0.25) is 5.91 Å². The number of ether oxygens (including phenoxy) is 3. The molecule has 1 aliphatic rings. The highest BCUT2D eigenvalue weighted by atomic mass is 32.2. The molecule has 2 aromatic carbocycles. The number of benzene rings is 2. The van der Waals surface area contributed by atoms with Crippen LogP contribution in [0.1, 0.15) is 19.8 Å². The normalized spacial score (nSPS) is 14.9. The van der Waals surface area contributed by atoms with Crippen molar-refractivity contribution in [2.45, 2.75) is 31.0 Å². The standard InChI is InChI=1S/C21H23F3N2O6S/c1-3-31-17-12-14(25-19(27)20(9-10-20)13-30-2)7-8-18(17)33(28,29)26-15-5-4-6-16(11-15)32-21(22,23)24/h4-8,11-12,26H,3,9-10,13H2,1-2H3,(H,25,27). The monoisotopic (exact) mass is 488 g/mol. The van der Waals surface area contributed by atoms with Crippen molar-refractivity contribution in [3.05, 3.63) is 42.5 Å². The van der Waals surface area contributed by atoms with E-state index >= 15 is 0 Å². The molecule has 180 valence electrons. The van der Waals surface area contributed by atoms with Gasteiger partial charge in [-0.05, 0) is 44.0 Å². The molecule has 8 nitrogen and oxygen atoms in total. The van der Waals surface area contributed by atoms with E-state index < -0.39 is 27.6 Å². The maximum Gasteiger partial charge on any atom is 0.573 e. The molecule has 0 radical (unpaired) electrons. The molecule has 0 atom stereocenters. The molecule has 0 aromatic heterocycles. The average molecular weight is 488 g/mol. The van der Waals surface area contributed by atoms with Crippen LogP contribution >= 0.6 is 0 Å². The molecule has 12 heteroatoms. The third-order valence-electron chi connectivity index (χ3n) is 4.87. The third-order valence-corrected chi connectivity index (χ3v) is 6.29. The first-order valence-corrected chi connectivity index (χ1v) is 11.4. The van der Waals surface area contributed by atoms with Crippen LogP contribution in [0.4, 0.5) is 24.5 Å². The summed E-state index contributed by atoms with van der Waals surface area (Å²) >= 11 is 0. The summed E-state index contributed by atoms with van der Waals surface area (Å²) < 4.78 is 79.8. The van der Waals surface area contributed by atoms with E-state index in [1.54, 1.807) is 6.92 Å². The molecule has 1 saturated carbocycles. The zero-order valence-electron chi connectivity index (χ0n) is 17.9. The number of hydrogen-bond acceptors (Lipinski definition) is 6. The number of alkyl halides is 3. The molecule has 0 saturated heterocycles. The Hall–Kier alpha value is -2.99.